The lowest BCUT2D eigenvalue weighted by Gasteiger charge is -2.18. The van der Waals surface area contributed by atoms with Crippen LogP contribution in [-0.4, -0.2) is 31.1 Å². The van der Waals surface area contributed by atoms with E-state index in [1.807, 2.05) is 24.3 Å². The highest BCUT2D eigenvalue weighted by Crippen LogP contribution is 2.48. The largest absolute Gasteiger partial charge is 0.376 e. The Balaban J connectivity index is 1.37. The summed E-state index contributed by atoms with van der Waals surface area (Å²) in [7, 11) is 0. The van der Waals surface area contributed by atoms with Gasteiger partial charge in [0.1, 0.15) is 0 Å². The Bertz CT molecular complexity index is 854. The minimum atomic E-state index is -0.433. The van der Waals surface area contributed by atoms with Crippen molar-refractivity contribution in [2.24, 2.45) is 0 Å². The predicted molar refractivity (Wildman–Crippen MR) is 109 cm³/mol. The zero-order valence-corrected chi connectivity index (χ0v) is 16.3. The van der Waals surface area contributed by atoms with Gasteiger partial charge in [0.2, 0.25) is 5.91 Å². The summed E-state index contributed by atoms with van der Waals surface area (Å²) >= 11 is 5.86. The van der Waals surface area contributed by atoms with E-state index in [0.29, 0.717) is 22.8 Å². The first-order valence-corrected chi connectivity index (χ1v) is 10.0. The van der Waals surface area contributed by atoms with Crippen LogP contribution in [0.3, 0.4) is 0 Å². The van der Waals surface area contributed by atoms with Gasteiger partial charge in [-0.25, -0.2) is 0 Å². The summed E-state index contributed by atoms with van der Waals surface area (Å²) in [5.74, 6) is -0.124. The van der Waals surface area contributed by atoms with E-state index in [-0.39, 0.29) is 17.9 Å². The van der Waals surface area contributed by atoms with Crippen molar-refractivity contribution in [2.45, 2.75) is 37.2 Å². The molecule has 1 aliphatic heterocycles. The molecule has 1 aliphatic carbocycles. The summed E-state index contributed by atoms with van der Waals surface area (Å²) in [6, 6.07) is 14.3. The van der Waals surface area contributed by atoms with Gasteiger partial charge < -0.3 is 15.4 Å². The molecule has 0 aromatic heterocycles. The number of ether oxygens (including phenoxy) is 1. The van der Waals surface area contributed by atoms with Crippen LogP contribution in [-0.2, 0) is 14.9 Å². The number of anilines is 1. The van der Waals surface area contributed by atoms with Crippen molar-refractivity contribution in [1.29, 1.82) is 0 Å². The quantitative estimate of drug-likeness (QED) is 0.775. The van der Waals surface area contributed by atoms with Gasteiger partial charge in [0.15, 0.2) is 0 Å². The number of halogens is 1. The molecule has 1 atom stereocenters. The standard InChI is InChI=1S/C22H23ClN2O3/c23-17-7-3-15(4-8-17)20(26)25-18-9-5-16(6-10-18)22(11-12-22)21(27)24-14-19-2-1-13-28-19/h3-10,19H,1-2,11-14H2,(H,24,27)(H,25,26). The molecule has 1 saturated heterocycles. The summed E-state index contributed by atoms with van der Waals surface area (Å²) in [4.78, 5) is 25.0. The van der Waals surface area contributed by atoms with Gasteiger partial charge in [0.05, 0.1) is 11.5 Å². The number of rotatable bonds is 6. The maximum Gasteiger partial charge on any atom is 0.255 e. The molecule has 2 fully saturated rings. The fraction of sp³-hybridized carbons (Fsp3) is 0.364. The third-order valence-corrected chi connectivity index (χ3v) is 5.75. The number of amides is 2. The Morgan fingerprint density at radius 2 is 1.79 bits per heavy atom. The van der Waals surface area contributed by atoms with E-state index < -0.39 is 5.41 Å². The van der Waals surface area contributed by atoms with Crippen LogP contribution in [0.1, 0.15) is 41.6 Å². The molecule has 2 N–H and O–H groups in total. The lowest BCUT2D eigenvalue weighted by atomic mass is 9.94. The molecule has 0 radical (unpaired) electrons. The molecule has 2 aromatic rings. The van der Waals surface area contributed by atoms with Gasteiger partial charge in [0.25, 0.3) is 5.91 Å². The van der Waals surface area contributed by atoms with E-state index in [4.69, 9.17) is 16.3 Å². The van der Waals surface area contributed by atoms with Crippen LogP contribution >= 0.6 is 11.6 Å². The maximum absolute atomic E-state index is 12.7. The van der Waals surface area contributed by atoms with Gasteiger partial charge in [-0.3, -0.25) is 9.59 Å². The third kappa shape index (κ3) is 4.05. The molecule has 1 saturated carbocycles. The van der Waals surface area contributed by atoms with Crippen molar-refractivity contribution >= 4 is 29.1 Å². The molecule has 2 amide bonds. The summed E-state index contributed by atoms with van der Waals surface area (Å²) < 4.78 is 5.58. The highest BCUT2D eigenvalue weighted by Gasteiger charge is 2.51. The van der Waals surface area contributed by atoms with Crippen molar-refractivity contribution in [3.05, 3.63) is 64.7 Å². The molecule has 28 heavy (non-hydrogen) atoms. The number of carbonyl (C=O) groups excluding carboxylic acids is 2. The monoisotopic (exact) mass is 398 g/mol. The van der Waals surface area contributed by atoms with Crippen LogP contribution in [0.15, 0.2) is 48.5 Å². The van der Waals surface area contributed by atoms with Crippen LogP contribution in [0.4, 0.5) is 5.69 Å². The maximum atomic E-state index is 12.7. The van der Waals surface area contributed by atoms with Gasteiger partial charge in [-0.1, -0.05) is 23.7 Å². The molecular weight excluding hydrogens is 376 g/mol. The van der Waals surface area contributed by atoms with E-state index >= 15 is 0 Å². The molecule has 4 rings (SSSR count). The van der Waals surface area contributed by atoms with Crippen molar-refractivity contribution in [3.63, 3.8) is 0 Å². The van der Waals surface area contributed by atoms with E-state index in [0.717, 1.165) is 37.9 Å². The number of carbonyl (C=O) groups is 2. The molecule has 1 unspecified atom stereocenters. The molecule has 5 nitrogen and oxygen atoms in total. The first kappa shape index (κ1) is 19.0. The second-order valence-electron chi connectivity index (χ2n) is 7.47. The Morgan fingerprint density at radius 1 is 1.07 bits per heavy atom. The number of nitrogens with one attached hydrogen (secondary N) is 2. The van der Waals surface area contributed by atoms with Gasteiger partial charge in [-0.2, -0.15) is 0 Å². The fourth-order valence-corrected chi connectivity index (χ4v) is 3.76. The molecule has 0 bridgehead atoms. The average Bonchev–Trinajstić information content (AvgIpc) is 3.35. The Labute approximate surface area is 169 Å². The van der Waals surface area contributed by atoms with E-state index in [1.165, 1.54) is 0 Å². The van der Waals surface area contributed by atoms with Gasteiger partial charge >= 0.3 is 0 Å². The summed E-state index contributed by atoms with van der Waals surface area (Å²) in [6.07, 6.45) is 3.91. The predicted octanol–water partition coefficient (Wildman–Crippen LogP) is 3.92. The Morgan fingerprint density at radius 3 is 2.39 bits per heavy atom. The number of hydrogen-bond acceptors (Lipinski definition) is 3. The zero-order valence-electron chi connectivity index (χ0n) is 15.5. The van der Waals surface area contributed by atoms with Crippen LogP contribution < -0.4 is 10.6 Å². The smallest absolute Gasteiger partial charge is 0.255 e. The zero-order chi connectivity index (χ0) is 19.6. The number of hydrogen-bond donors (Lipinski definition) is 2. The highest BCUT2D eigenvalue weighted by atomic mass is 35.5. The number of benzene rings is 2. The van der Waals surface area contributed by atoms with Crippen molar-refractivity contribution in [1.82, 2.24) is 5.32 Å². The molecular formula is C22H23ClN2O3. The molecule has 6 heteroatoms. The molecule has 1 heterocycles. The van der Waals surface area contributed by atoms with Crippen LogP contribution in [0.5, 0.6) is 0 Å². The van der Waals surface area contributed by atoms with Crippen LogP contribution in [0.2, 0.25) is 5.02 Å². The van der Waals surface area contributed by atoms with Crippen LogP contribution in [0.25, 0.3) is 0 Å². The normalized spacial score (nSPS) is 19.8. The van der Waals surface area contributed by atoms with E-state index in [1.54, 1.807) is 24.3 Å². The third-order valence-electron chi connectivity index (χ3n) is 5.50. The molecule has 2 aliphatic rings. The van der Waals surface area contributed by atoms with Crippen molar-refractivity contribution in [2.75, 3.05) is 18.5 Å². The summed E-state index contributed by atoms with van der Waals surface area (Å²) in [5, 5.41) is 6.51. The topological polar surface area (TPSA) is 67.4 Å². The molecule has 2 aromatic carbocycles. The van der Waals surface area contributed by atoms with E-state index in [2.05, 4.69) is 10.6 Å². The SMILES string of the molecule is O=C(Nc1ccc(C2(C(=O)NCC3CCCO3)CC2)cc1)c1ccc(Cl)cc1. The van der Waals surface area contributed by atoms with Crippen molar-refractivity contribution in [3.8, 4) is 0 Å². The fourth-order valence-electron chi connectivity index (χ4n) is 3.63. The van der Waals surface area contributed by atoms with E-state index in [9.17, 15) is 9.59 Å². The summed E-state index contributed by atoms with van der Waals surface area (Å²) in [5.41, 5.74) is 1.79. The van der Waals surface area contributed by atoms with Gasteiger partial charge in [-0.05, 0) is 67.6 Å². The Hall–Kier alpha value is -2.37. The molecule has 146 valence electrons. The second kappa shape index (κ2) is 7.94. The van der Waals surface area contributed by atoms with Crippen LogP contribution in [0, 0.1) is 0 Å². The first-order chi connectivity index (χ1) is 13.6. The Kier molecular flexibility index (Phi) is 5.38. The average molecular weight is 399 g/mol. The van der Waals surface area contributed by atoms with Gasteiger partial charge in [-0.15, -0.1) is 0 Å². The van der Waals surface area contributed by atoms with Gasteiger partial charge in [0, 0.05) is 29.4 Å². The minimum absolute atomic E-state index is 0.0703. The summed E-state index contributed by atoms with van der Waals surface area (Å²) in [6.45, 7) is 1.37. The van der Waals surface area contributed by atoms with Crippen molar-refractivity contribution < 1.29 is 14.3 Å². The highest BCUT2D eigenvalue weighted by molar-refractivity contribution is 6.30. The second-order valence-corrected chi connectivity index (χ2v) is 7.90. The minimum Gasteiger partial charge on any atom is -0.376 e. The lowest BCUT2D eigenvalue weighted by molar-refractivity contribution is -0.124. The lowest BCUT2D eigenvalue weighted by Crippen LogP contribution is -2.39. The first-order valence-electron chi connectivity index (χ1n) is 9.64. The molecule has 0 spiro atoms.